The molecule has 0 atom stereocenters. The number of hydrogen-bond donors (Lipinski definition) is 0. The van der Waals surface area contributed by atoms with Crippen LogP contribution in [0, 0.1) is 11.3 Å². The summed E-state index contributed by atoms with van der Waals surface area (Å²) < 4.78 is 6.09. The van der Waals surface area contributed by atoms with Crippen molar-refractivity contribution in [2.45, 2.75) is 18.3 Å². The number of Topliss-reactive ketones (excluding diaryl/α,β-unsaturated/α-hetero) is 1. The molecule has 4 heteroatoms. The van der Waals surface area contributed by atoms with Crippen molar-refractivity contribution in [3.63, 3.8) is 0 Å². The Morgan fingerprint density at radius 2 is 2.19 bits per heavy atom. The summed E-state index contributed by atoms with van der Waals surface area (Å²) in [6, 6.07) is 7.79. The van der Waals surface area contributed by atoms with Gasteiger partial charge in [0.05, 0.1) is 23.1 Å². The highest BCUT2D eigenvalue weighted by atomic mass is 79.9. The molecule has 0 spiro atoms. The van der Waals surface area contributed by atoms with E-state index >= 15 is 0 Å². The van der Waals surface area contributed by atoms with Gasteiger partial charge in [-0.05, 0) is 22.0 Å². The number of para-hydroxylation sites is 1. The minimum Gasteiger partial charge on any atom is -0.495 e. The molecule has 0 N–H and O–H groups in total. The third-order valence-corrected chi connectivity index (χ3v) is 3.52. The fraction of sp³-hybridized carbons (Fsp3) is 0.333. The van der Waals surface area contributed by atoms with Crippen LogP contribution in [0.4, 0.5) is 0 Å². The number of ether oxygens (including phenoxy) is 1. The zero-order valence-corrected chi connectivity index (χ0v) is 10.4. The standard InChI is InChI=1S/C12H10BrNO2/c1-16-11-9(3-2-4-10(11)13)12(7-14)5-8(15)6-12/h2-4H,5-6H2,1H3. The fourth-order valence-corrected chi connectivity index (χ4v) is 2.57. The van der Waals surface area contributed by atoms with Crippen LogP contribution < -0.4 is 4.74 Å². The molecule has 1 aliphatic carbocycles. The minimum atomic E-state index is -0.688. The van der Waals surface area contributed by atoms with E-state index in [1.807, 2.05) is 18.2 Å². The molecular formula is C12H10BrNO2. The number of hydrogen-bond acceptors (Lipinski definition) is 3. The molecule has 82 valence electrons. The van der Waals surface area contributed by atoms with E-state index in [1.54, 1.807) is 7.11 Å². The van der Waals surface area contributed by atoms with E-state index in [4.69, 9.17) is 4.74 Å². The molecule has 1 aromatic carbocycles. The van der Waals surface area contributed by atoms with E-state index in [0.29, 0.717) is 5.75 Å². The van der Waals surface area contributed by atoms with Gasteiger partial charge in [-0.1, -0.05) is 12.1 Å². The van der Waals surface area contributed by atoms with E-state index in [1.165, 1.54) is 0 Å². The van der Waals surface area contributed by atoms with E-state index in [2.05, 4.69) is 22.0 Å². The van der Waals surface area contributed by atoms with Gasteiger partial charge in [0.25, 0.3) is 0 Å². The summed E-state index contributed by atoms with van der Waals surface area (Å²) in [6.07, 6.45) is 0.576. The summed E-state index contributed by atoms with van der Waals surface area (Å²) in [7, 11) is 1.56. The predicted molar refractivity (Wildman–Crippen MR) is 62.2 cm³/mol. The van der Waals surface area contributed by atoms with Crippen LogP contribution in [0.3, 0.4) is 0 Å². The fourth-order valence-electron chi connectivity index (χ4n) is 2.04. The highest BCUT2D eigenvalue weighted by molar-refractivity contribution is 9.10. The number of carbonyl (C=O) groups is 1. The van der Waals surface area contributed by atoms with Crippen molar-refractivity contribution < 1.29 is 9.53 Å². The largest absolute Gasteiger partial charge is 0.495 e. The van der Waals surface area contributed by atoms with Crippen LogP contribution in [0.25, 0.3) is 0 Å². The average molecular weight is 280 g/mol. The molecule has 1 aliphatic rings. The number of rotatable bonds is 2. The lowest BCUT2D eigenvalue weighted by Crippen LogP contribution is -2.40. The third-order valence-electron chi connectivity index (χ3n) is 2.90. The number of benzene rings is 1. The van der Waals surface area contributed by atoms with Gasteiger partial charge in [0, 0.05) is 18.4 Å². The molecule has 3 nitrogen and oxygen atoms in total. The Bertz CT molecular complexity index is 482. The molecule has 1 aromatic rings. The Balaban J connectivity index is 2.52. The second-order valence-corrected chi connectivity index (χ2v) is 4.76. The monoisotopic (exact) mass is 279 g/mol. The van der Waals surface area contributed by atoms with Crippen LogP contribution >= 0.6 is 15.9 Å². The first-order valence-electron chi connectivity index (χ1n) is 4.89. The van der Waals surface area contributed by atoms with Gasteiger partial charge in [0.15, 0.2) is 0 Å². The first-order chi connectivity index (χ1) is 7.63. The van der Waals surface area contributed by atoms with Crippen LogP contribution in [0.1, 0.15) is 18.4 Å². The molecule has 0 heterocycles. The second kappa shape index (κ2) is 3.91. The quantitative estimate of drug-likeness (QED) is 0.836. The lowest BCUT2D eigenvalue weighted by molar-refractivity contribution is -0.126. The van der Waals surface area contributed by atoms with Gasteiger partial charge in [0.2, 0.25) is 0 Å². The number of nitrogens with zero attached hydrogens (tertiary/aromatic N) is 1. The van der Waals surface area contributed by atoms with Crippen LogP contribution in [0.2, 0.25) is 0 Å². The van der Waals surface area contributed by atoms with Crippen LogP contribution in [0.15, 0.2) is 22.7 Å². The molecule has 2 rings (SSSR count). The van der Waals surface area contributed by atoms with Crippen molar-refractivity contribution in [1.82, 2.24) is 0 Å². The van der Waals surface area contributed by atoms with Crippen molar-refractivity contribution in [3.05, 3.63) is 28.2 Å². The van der Waals surface area contributed by atoms with Crippen molar-refractivity contribution in [3.8, 4) is 11.8 Å². The number of carbonyl (C=O) groups excluding carboxylic acids is 1. The number of nitriles is 1. The van der Waals surface area contributed by atoms with Crippen LogP contribution in [-0.2, 0) is 10.2 Å². The molecule has 0 aromatic heterocycles. The summed E-state index contributed by atoms with van der Waals surface area (Å²) in [6.45, 7) is 0. The molecule has 1 saturated carbocycles. The van der Waals surface area contributed by atoms with Crippen LogP contribution in [0.5, 0.6) is 5.75 Å². The number of ketones is 1. The van der Waals surface area contributed by atoms with Gasteiger partial charge >= 0.3 is 0 Å². The topological polar surface area (TPSA) is 50.1 Å². The van der Waals surface area contributed by atoms with Gasteiger partial charge in [-0.25, -0.2) is 0 Å². The molecule has 0 amide bonds. The van der Waals surface area contributed by atoms with Gasteiger partial charge in [-0.2, -0.15) is 5.26 Å². The number of methoxy groups -OCH3 is 1. The molecule has 0 aliphatic heterocycles. The Kier molecular flexibility index (Phi) is 2.73. The molecular weight excluding hydrogens is 270 g/mol. The van der Waals surface area contributed by atoms with Gasteiger partial charge in [-0.15, -0.1) is 0 Å². The van der Waals surface area contributed by atoms with Gasteiger partial charge in [-0.3, -0.25) is 4.79 Å². The van der Waals surface area contributed by atoms with Gasteiger partial charge < -0.3 is 4.74 Å². The Labute approximate surface area is 102 Å². The lowest BCUT2D eigenvalue weighted by Gasteiger charge is -2.35. The Morgan fingerprint density at radius 3 is 2.69 bits per heavy atom. The van der Waals surface area contributed by atoms with Gasteiger partial charge in [0.1, 0.15) is 11.5 Å². The molecule has 0 unspecified atom stereocenters. The minimum absolute atomic E-state index is 0.128. The smallest absolute Gasteiger partial charge is 0.137 e. The molecule has 0 saturated heterocycles. The highest BCUT2D eigenvalue weighted by Gasteiger charge is 2.47. The first-order valence-corrected chi connectivity index (χ1v) is 5.68. The number of halogens is 1. The highest BCUT2D eigenvalue weighted by Crippen LogP contribution is 2.46. The molecule has 1 fully saturated rings. The van der Waals surface area contributed by atoms with E-state index in [-0.39, 0.29) is 18.6 Å². The summed E-state index contributed by atoms with van der Waals surface area (Å²) in [5, 5.41) is 9.25. The second-order valence-electron chi connectivity index (χ2n) is 3.91. The Morgan fingerprint density at radius 1 is 1.50 bits per heavy atom. The summed E-state index contributed by atoms with van der Waals surface area (Å²) in [5.74, 6) is 0.778. The predicted octanol–water partition coefficient (Wildman–Crippen LogP) is 2.58. The Hall–Kier alpha value is -1.34. The maximum Gasteiger partial charge on any atom is 0.137 e. The van der Waals surface area contributed by atoms with Crippen molar-refractivity contribution >= 4 is 21.7 Å². The summed E-state index contributed by atoms with van der Waals surface area (Å²) in [5.41, 5.74) is 0.109. The average Bonchev–Trinajstić information content (AvgIpc) is 2.24. The van der Waals surface area contributed by atoms with Crippen molar-refractivity contribution in [2.24, 2.45) is 0 Å². The molecule has 0 bridgehead atoms. The SMILES string of the molecule is COc1c(Br)cccc1C1(C#N)CC(=O)C1. The zero-order chi connectivity index (χ0) is 11.8. The van der Waals surface area contributed by atoms with E-state index in [9.17, 15) is 10.1 Å². The van der Waals surface area contributed by atoms with E-state index < -0.39 is 5.41 Å². The van der Waals surface area contributed by atoms with Crippen molar-refractivity contribution in [2.75, 3.05) is 7.11 Å². The van der Waals surface area contributed by atoms with Crippen LogP contribution in [-0.4, -0.2) is 12.9 Å². The zero-order valence-electron chi connectivity index (χ0n) is 8.79. The summed E-state index contributed by atoms with van der Waals surface area (Å²) >= 11 is 3.38. The first kappa shape index (κ1) is 11.2. The molecule has 0 radical (unpaired) electrons. The lowest BCUT2D eigenvalue weighted by atomic mass is 9.64. The third kappa shape index (κ3) is 1.52. The maximum atomic E-state index is 11.1. The van der Waals surface area contributed by atoms with Crippen molar-refractivity contribution in [1.29, 1.82) is 5.26 Å². The van der Waals surface area contributed by atoms with E-state index in [0.717, 1.165) is 10.0 Å². The maximum absolute atomic E-state index is 11.1. The summed E-state index contributed by atoms with van der Waals surface area (Å²) in [4.78, 5) is 11.1. The normalized spacial score (nSPS) is 17.4. The molecule has 16 heavy (non-hydrogen) atoms.